The average Bonchev–Trinajstić information content (AvgIpc) is 3.01. The van der Waals surface area contributed by atoms with Gasteiger partial charge in [-0.1, -0.05) is 12.1 Å². The average molecular weight is 329 g/mol. The molecular formula is C18H23N3O3. The molecule has 0 aliphatic carbocycles. The maximum atomic E-state index is 12.4. The van der Waals surface area contributed by atoms with E-state index >= 15 is 0 Å². The largest absolute Gasteiger partial charge is 0.369 e. The van der Waals surface area contributed by atoms with Gasteiger partial charge in [-0.3, -0.25) is 14.4 Å². The van der Waals surface area contributed by atoms with Gasteiger partial charge < -0.3 is 15.5 Å². The Morgan fingerprint density at radius 2 is 1.75 bits per heavy atom. The number of nitrogens with zero attached hydrogens (tertiary/aromatic N) is 2. The van der Waals surface area contributed by atoms with Crippen molar-refractivity contribution in [2.24, 2.45) is 11.7 Å². The molecule has 2 N–H and O–H groups in total. The highest BCUT2D eigenvalue weighted by Gasteiger charge is 2.26. The van der Waals surface area contributed by atoms with Crippen molar-refractivity contribution < 1.29 is 14.4 Å². The first-order chi connectivity index (χ1) is 11.5. The summed E-state index contributed by atoms with van der Waals surface area (Å²) in [5.74, 6) is -0.139. The summed E-state index contributed by atoms with van der Waals surface area (Å²) in [6, 6.07) is 7.64. The fraction of sp³-hybridized carbons (Fsp3) is 0.500. The van der Waals surface area contributed by atoms with Crippen molar-refractivity contribution in [3.63, 3.8) is 0 Å². The van der Waals surface area contributed by atoms with Gasteiger partial charge >= 0.3 is 0 Å². The third-order valence-electron chi connectivity index (χ3n) is 4.93. The van der Waals surface area contributed by atoms with Crippen LogP contribution in [0.3, 0.4) is 0 Å². The smallest absolute Gasteiger partial charge is 0.227 e. The molecule has 0 spiro atoms. The summed E-state index contributed by atoms with van der Waals surface area (Å²) in [6.07, 6.45) is 3.16. The molecule has 3 amide bonds. The third-order valence-corrected chi connectivity index (χ3v) is 4.93. The molecule has 0 aromatic heterocycles. The number of carbonyl (C=O) groups is 3. The Hall–Kier alpha value is -2.37. The van der Waals surface area contributed by atoms with Crippen LogP contribution in [0.25, 0.3) is 0 Å². The molecule has 2 heterocycles. The number of hydrogen-bond donors (Lipinski definition) is 1. The van der Waals surface area contributed by atoms with Crippen LogP contribution in [0.5, 0.6) is 0 Å². The molecule has 0 bridgehead atoms. The first-order valence-corrected chi connectivity index (χ1v) is 8.51. The first kappa shape index (κ1) is 16.5. The minimum Gasteiger partial charge on any atom is -0.369 e. The van der Waals surface area contributed by atoms with E-state index in [1.165, 1.54) is 0 Å². The van der Waals surface area contributed by atoms with Crippen molar-refractivity contribution >= 4 is 23.4 Å². The summed E-state index contributed by atoms with van der Waals surface area (Å²) in [5.41, 5.74) is 7.15. The first-order valence-electron chi connectivity index (χ1n) is 8.51. The Bertz CT molecular complexity index is 633. The lowest BCUT2D eigenvalue weighted by Crippen LogP contribution is -2.42. The zero-order chi connectivity index (χ0) is 17.1. The van der Waals surface area contributed by atoms with Gasteiger partial charge in [-0.15, -0.1) is 0 Å². The second-order valence-corrected chi connectivity index (χ2v) is 6.55. The molecular weight excluding hydrogens is 306 g/mol. The van der Waals surface area contributed by atoms with Gasteiger partial charge in [0.05, 0.1) is 6.42 Å². The molecule has 0 radical (unpaired) electrons. The predicted octanol–water partition coefficient (Wildman–Crippen LogP) is 1.08. The number of nitrogens with two attached hydrogens (primary N) is 1. The van der Waals surface area contributed by atoms with E-state index in [1.54, 1.807) is 9.80 Å². The van der Waals surface area contributed by atoms with Crippen LogP contribution < -0.4 is 10.6 Å². The number of likely N-dealkylation sites (tertiary alicyclic amines) is 1. The normalized spacial score (nSPS) is 18.9. The fourth-order valence-electron chi connectivity index (χ4n) is 3.41. The summed E-state index contributed by atoms with van der Waals surface area (Å²) in [7, 11) is 0. The number of anilines is 1. The van der Waals surface area contributed by atoms with Gasteiger partial charge in [0.15, 0.2) is 0 Å². The minimum absolute atomic E-state index is 0.0721. The zero-order valence-corrected chi connectivity index (χ0v) is 13.7. The van der Waals surface area contributed by atoms with Gasteiger partial charge in [-0.2, -0.15) is 0 Å². The molecule has 0 saturated carbocycles. The van der Waals surface area contributed by atoms with Crippen LogP contribution in [-0.4, -0.2) is 42.3 Å². The van der Waals surface area contributed by atoms with Gasteiger partial charge in [-0.25, -0.2) is 0 Å². The lowest BCUT2D eigenvalue weighted by molar-refractivity contribution is -0.134. The molecule has 2 fully saturated rings. The highest BCUT2D eigenvalue weighted by Crippen LogP contribution is 2.22. The fourth-order valence-corrected chi connectivity index (χ4v) is 3.41. The zero-order valence-electron chi connectivity index (χ0n) is 13.7. The minimum atomic E-state index is -0.269. The highest BCUT2D eigenvalue weighted by molar-refractivity contribution is 5.95. The van der Waals surface area contributed by atoms with Gasteiger partial charge in [0.25, 0.3) is 0 Å². The van der Waals surface area contributed by atoms with Gasteiger partial charge in [0, 0.05) is 37.7 Å². The van der Waals surface area contributed by atoms with Crippen LogP contribution in [0, 0.1) is 5.92 Å². The lowest BCUT2D eigenvalue weighted by Gasteiger charge is -2.30. The van der Waals surface area contributed by atoms with Crippen LogP contribution in [0.15, 0.2) is 24.3 Å². The molecule has 24 heavy (non-hydrogen) atoms. The van der Waals surface area contributed by atoms with Crippen molar-refractivity contribution in [3.05, 3.63) is 29.8 Å². The summed E-state index contributed by atoms with van der Waals surface area (Å²) < 4.78 is 0. The van der Waals surface area contributed by atoms with Crippen LogP contribution in [-0.2, 0) is 20.8 Å². The molecule has 6 heteroatoms. The molecule has 2 saturated heterocycles. The highest BCUT2D eigenvalue weighted by atomic mass is 16.2. The topological polar surface area (TPSA) is 83.7 Å². The van der Waals surface area contributed by atoms with Crippen LogP contribution in [0.2, 0.25) is 0 Å². The number of hydrogen-bond acceptors (Lipinski definition) is 3. The molecule has 0 unspecified atom stereocenters. The van der Waals surface area contributed by atoms with E-state index in [2.05, 4.69) is 0 Å². The third kappa shape index (κ3) is 3.58. The maximum Gasteiger partial charge on any atom is 0.227 e. The van der Waals surface area contributed by atoms with E-state index in [1.807, 2.05) is 24.3 Å². The van der Waals surface area contributed by atoms with E-state index in [-0.39, 0.29) is 23.6 Å². The number of carbonyl (C=O) groups excluding carboxylic acids is 3. The Balaban J connectivity index is 1.55. The molecule has 1 aromatic rings. The SMILES string of the molecule is NC(=O)C1CCN(C(=O)Cc2ccc(N3CCCC3=O)cc2)CC1. The van der Waals surface area contributed by atoms with Crippen LogP contribution in [0.4, 0.5) is 5.69 Å². The Morgan fingerprint density at radius 3 is 2.29 bits per heavy atom. The van der Waals surface area contributed by atoms with E-state index in [4.69, 9.17) is 5.73 Å². The number of piperidine rings is 1. The maximum absolute atomic E-state index is 12.4. The van der Waals surface area contributed by atoms with Crippen LogP contribution in [0.1, 0.15) is 31.2 Å². The summed E-state index contributed by atoms with van der Waals surface area (Å²) >= 11 is 0. The Labute approximate surface area is 141 Å². The van der Waals surface area contributed by atoms with Crippen molar-refractivity contribution in [2.45, 2.75) is 32.1 Å². The second-order valence-electron chi connectivity index (χ2n) is 6.55. The van der Waals surface area contributed by atoms with E-state index in [0.717, 1.165) is 24.2 Å². The number of amides is 3. The van der Waals surface area contributed by atoms with Gasteiger partial charge in [0.2, 0.25) is 17.7 Å². The van der Waals surface area contributed by atoms with Crippen molar-refractivity contribution in [1.82, 2.24) is 4.90 Å². The molecule has 1 aromatic carbocycles. The van der Waals surface area contributed by atoms with Crippen molar-refractivity contribution in [1.29, 1.82) is 0 Å². The lowest BCUT2D eigenvalue weighted by atomic mass is 9.96. The number of benzene rings is 1. The molecule has 2 aliphatic rings. The van der Waals surface area contributed by atoms with E-state index in [9.17, 15) is 14.4 Å². The van der Waals surface area contributed by atoms with Crippen molar-refractivity contribution in [2.75, 3.05) is 24.5 Å². The standard InChI is InChI=1S/C18H23N3O3/c19-18(24)14-7-10-20(11-8-14)17(23)12-13-3-5-15(6-4-13)21-9-1-2-16(21)22/h3-6,14H,1-2,7-12H2,(H2,19,24). The second kappa shape index (κ2) is 7.03. The van der Waals surface area contributed by atoms with E-state index in [0.29, 0.717) is 38.8 Å². The molecule has 0 atom stereocenters. The molecule has 3 rings (SSSR count). The van der Waals surface area contributed by atoms with E-state index < -0.39 is 0 Å². The summed E-state index contributed by atoms with van der Waals surface area (Å²) in [4.78, 5) is 38.9. The van der Waals surface area contributed by atoms with Crippen LogP contribution >= 0.6 is 0 Å². The Kier molecular flexibility index (Phi) is 4.83. The summed E-state index contributed by atoms with van der Waals surface area (Å²) in [6.45, 7) is 1.95. The predicted molar refractivity (Wildman–Crippen MR) is 90.2 cm³/mol. The monoisotopic (exact) mass is 329 g/mol. The molecule has 2 aliphatic heterocycles. The number of rotatable bonds is 4. The van der Waals surface area contributed by atoms with Gasteiger partial charge in [0.1, 0.15) is 0 Å². The quantitative estimate of drug-likeness (QED) is 0.897. The number of primary amides is 1. The van der Waals surface area contributed by atoms with Crippen molar-refractivity contribution in [3.8, 4) is 0 Å². The molecule has 128 valence electrons. The molecule has 6 nitrogen and oxygen atoms in total. The van der Waals surface area contributed by atoms with Gasteiger partial charge in [-0.05, 0) is 37.0 Å². The Morgan fingerprint density at radius 1 is 1.08 bits per heavy atom. The summed E-state index contributed by atoms with van der Waals surface area (Å²) in [5, 5.41) is 0.